The summed E-state index contributed by atoms with van der Waals surface area (Å²) >= 11 is 0. The molecule has 0 saturated heterocycles. The van der Waals surface area contributed by atoms with Gasteiger partial charge in [0.1, 0.15) is 5.75 Å². The van der Waals surface area contributed by atoms with Gasteiger partial charge in [0.05, 0.1) is 7.11 Å². The van der Waals surface area contributed by atoms with Crippen LogP contribution in [-0.2, 0) is 0 Å². The molecule has 0 aromatic heterocycles. The molecule has 0 spiro atoms. The van der Waals surface area contributed by atoms with Crippen molar-refractivity contribution in [3.8, 4) is 5.75 Å². The maximum Gasteiger partial charge on any atom is 0.165 e. The SMILES string of the molecule is CCCC(CCC)C(=O)c1ccc2cc(OC)ccc2c1. The van der Waals surface area contributed by atoms with Gasteiger partial charge in [-0.1, -0.05) is 44.9 Å². The number of hydrogen-bond acceptors (Lipinski definition) is 2. The van der Waals surface area contributed by atoms with E-state index < -0.39 is 0 Å². The lowest BCUT2D eigenvalue weighted by atomic mass is 9.89. The summed E-state index contributed by atoms with van der Waals surface area (Å²) in [5.41, 5.74) is 0.833. The van der Waals surface area contributed by atoms with E-state index in [1.165, 1.54) is 0 Å². The Morgan fingerprint density at radius 1 is 1.00 bits per heavy atom. The Hall–Kier alpha value is -1.83. The van der Waals surface area contributed by atoms with Crippen LogP contribution in [0, 0.1) is 5.92 Å². The highest BCUT2D eigenvalue weighted by Crippen LogP contribution is 2.25. The molecule has 0 aliphatic heterocycles. The van der Waals surface area contributed by atoms with Crippen molar-refractivity contribution in [3.05, 3.63) is 42.0 Å². The van der Waals surface area contributed by atoms with E-state index in [2.05, 4.69) is 13.8 Å². The van der Waals surface area contributed by atoms with Crippen LogP contribution in [0.25, 0.3) is 10.8 Å². The summed E-state index contributed by atoms with van der Waals surface area (Å²) in [6, 6.07) is 11.9. The van der Waals surface area contributed by atoms with Crippen molar-refractivity contribution in [1.29, 1.82) is 0 Å². The van der Waals surface area contributed by atoms with Crippen molar-refractivity contribution in [1.82, 2.24) is 0 Å². The lowest BCUT2D eigenvalue weighted by Crippen LogP contribution is -2.14. The van der Waals surface area contributed by atoms with Crippen molar-refractivity contribution in [2.75, 3.05) is 7.11 Å². The molecule has 0 aliphatic carbocycles. The van der Waals surface area contributed by atoms with E-state index >= 15 is 0 Å². The maximum absolute atomic E-state index is 12.7. The summed E-state index contributed by atoms with van der Waals surface area (Å²) in [5.74, 6) is 1.29. The number of ether oxygens (including phenoxy) is 1. The van der Waals surface area contributed by atoms with Gasteiger partial charge in [-0.25, -0.2) is 0 Å². The molecule has 2 aromatic carbocycles. The number of Topliss-reactive ketones (excluding diaryl/α,β-unsaturated/α-hetero) is 1. The minimum absolute atomic E-state index is 0.163. The van der Waals surface area contributed by atoms with Crippen molar-refractivity contribution in [2.45, 2.75) is 39.5 Å². The van der Waals surface area contributed by atoms with Gasteiger partial charge >= 0.3 is 0 Å². The minimum atomic E-state index is 0.163. The van der Waals surface area contributed by atoms with E-state index in [0.29, 0.717) is 0 Å². The molecule has 0 bridgehead atoms. The molecule has 0 heterocycles. The van der Waals surface area contributed by atoms with Crippen LogP contribution >= 0.6 is 0 Å². The first-order chi connectivity index (χ1) is 10.2. The average molecular weight is 284 g/mol. The van der Waals surface area contributed by atoms with Crippen LogP contribution in [0.3, 0.4) is 0 Å². The molecule has 2 aromatic rings. The van der Waals surface area contributed by atoms with E-state index in [4.69, 9.17) is 4.74 Å². The molecule has 0 radical (unpaired) electrons. The topological polar surface area (TPSA) is 26.3 Å². The molecule has 2 rings (SSSR count). The second-order valence-electron chi connectivity index (χ2n) is 5.57. The summed E-state index contributed by atoms with van der Waals surface area (Å²) in [4.78, 5) is 12.7. The molecule has 2 heteroatoms. The second-order valence-corrected chi connectivity index (χ2v) is 5.57. The van der Waals surface area contributed by atoms with E-state index in [9.17, 15) is 4.79 Å². The van der Waals surface area contributed by atoms with Crippen LogP contribution in [0.15, 0.2) is 36.4 Å². The Labute approximate surface area is 127 Å². The molecule has 0 N–H and O–H groups in total. The van der Waals surface area contributed by atoms with Crippen LogP contribution in [-0.4, -0.2) is 12.9 Å². The number of benzene rings is 2. The first-order valence-corrected chi connectivity index (χ1v) is 7.81. The molecule has 21 heavy (non-hydrogen) atoms. The normalized spacial score (nSPS) is 11.0. The number of carbonyl (C=O) groups excluding carboxylic acids is 1. The van der Waals surface area contributed by atoms with E-state index in [1.807, 2.05) is 36.4 Å². The predicted molar refractivity (Wildman–Crippen MR) is 88.1 cm³/mol. The fourth-order valence-electron chi connectivity index (χ4n) is 2.84. The molecule has 2 nitrogen and oxygen atoms in total. The number of methoxy groups -OCH3 is 1. The third kappa shape index (κ3) is 3.63. The average Bonchev–Trinajstić information content (AvgIpc) is 2.53. The maximum atomic E-state index is 12.7. The van der Waals surface area contributed by atoms with Gasteiger partial charge < -0.3 is 4.74 Å². The third-order valence-electron chi connectivity index (χ3n) is 3.98. The van der Waals surface area contributed by atoms with Crippen molar-refractivity contribution >= 4 is 16.6 Å². The van der Waals surface area contributed by atoms with Crippen LogP contribution in [0.2, 0.25) is 0 Å². The largest absolute Gasteiger partial charge is 0.497 e. The quantitative estimate of drug-likeness (QED) is 0.649. The number of rotatable bonds is 7. The Morgan fingerprint density at radius 3 is 2.24 bits per heavy atom. The highest BCUT2D eigenvalue weighted by molar-refractivity contribution is 6.01. The number of carbonyl (C=O) groups is 1. The summed E-state index contributed by atoms with van der Waals surface area (Å²) in [6.07, 6.45) is 4.07. The summed E-state index contributed by atoms with van der Waals surface area (Å²) < 4.78 is 5.24. The van der Waals surface area contributed by atoms with Crippen LogP contribution in [0.1, 0.15) is 49.9 Å². The summed E-state index contributed by atoms with van der Waals surface area (Å²) in [5, 5.41) is 2.20. The molecular formula is C19H24O2. The summed E-state index contributed by atoms with van der Waals surface area (Å²) in [7, 11) is 1.67. The summed E-state index contributed by atoms with van der Waals surface area (Å²) in [6.45, 7) is 4.28. The molecular weight excluding hydrogens is 260 g/mol. The second kappa shape index (κ2) is 7.26. The van der Waals surface area contributed by atoms with Gasteiger partial charge in [0, 0.05) is 11.5 Å². The lowest BCUT2D eigenvalue weighted by Gasteiger charge is -2.14. The van der Waals surface area contributed by atoms with Gasteiger partial charge in [-0.2, -0.15) is 0 Å². The standard InChI is InChI=1S/C19H24O2/c1-4-6-14(7-5-2)19(20)17-9-8-16-13-18(21-3)11-10-15(16)12-17/h8-14H,4-7H2,1-3H3. The molecule has 0 fully saturated rings. The van der Waals surface area contributed by atoms with Crippen LogP contribution in [0.4, 0.5) is 0 Å². The Kier molecular flexibility index (Phi) is 5.38. The Bertz CT molecular complexity index is 610. The van der Waals surface area contributed by atoms with Crippen LogP contribution in [0.5, 0.6) is 5.75 Å². The molecule has 0 amide bonds. The fourth-order valence-corrected chi connectivity index (χ4v) is 2.84. The highest BCUT2D eigenvalue weighted by atomic mass is 16.5. The number of ketones is 1. The van der Waals surface area contributed by atoms with Gasteiger partial charge in [0.15, 0.2) is 5.78 Å². The first-order valence-electron chi connectivity index (χ1n) is 7.81. The zero-order valence-electron chi connectivity index (χ0n) is 13.2. The lowest BCUT2D eigenvalue weighted by molar-refractivity contribution is 0.0905. The number of fused-ring (bicyclic) bond motifs is 1. The molecule has 0 unspecified atom stereocenters. The van der Waals surface area contributed by atoms with E-state index in [-0.39, 0.29) is 11.7 Å². The monoisotopic (exact) mass is 284 g/mol. The van der Waals surface area contributed by atoms with Crippen molar-refractivity contribution in [2.24, 2.45) is 5.92 Å². The third-order valence-corrected chi connectivity index (χ3v) is 3.98. The minimum Gasteiger partial charge on any atom is -0.497 e. The predicted octanol–water partition coefficient (Wildman–Crippen LogP) is 5.25. The number of hydrogen-bond donors (Lipinski definition) is 0. The fraction of sp³-hybridized carbons (Fsp3) is 0.421. The molecule has 0 saturated carbocycles. The Morgan fingerprint density at radius 2 is 1.62 bits per heavy atom. The van der Waals surface area contributed by atoms with Gasteiger partial charge in [-0.3, -0.25) is 4.79 Å². The van der Waals surface area contributed by atoms with Gasteiger partial charge in [-0.05, 0) is 41.8 Å². The zero-order valence-corrected chi connectivity index (χ0v) is 13.2. The highest BCUT2D eigenvalue weighted by Gasteiger charge is 2.18. The molecule has 0 aliphatic rings. The van der Waals surface area contributed by atoms with Crippen molar-refractivity contribution < 1.29 is 9.53 Å². The van der Waals surface area contributed by atoms with Crippen LogP contribution < -0.4 is 4.74 Å². The Balaban J connectivity index is 2.30. The van der Waals surface area contributed by atoms with Crippen molar-refractivity contribution in [3.63, 3.8) is 0 Å². The van der Waals surface area contributed by atoms with Gasteiger partial charge in [0.25, 0.3) is 0 Å². The zero-order chi connectivity index (χ0) is 15.2. The van der Waals surface area contributed by atoms with Gasteiger partial charge in [0.2, 0.25) is 0 Å². The first kappa shape index (κ1) is 15.6. The molecule has 112 valence electrons. The molecule has 0 atom stereocenters. The van der Waals surface area contributed by atoms with E-state index in [0.717, 1.165) is 47.8 Å². The van der Waals surface area contributed by atoms with E-state index in [1.54, 1.807) is 7.11 Å². The smallest absolute Gasteiger partial charge is 0.165 e. The van der Waals surface area contributed by atoms with Gasteiger partial charge in [-0.15, -0.1) is 0 Å².